The van der Waals surface area contributed by atoms with Gasteiger partial charge in [0.2, 0.25) is 11.8 Å². The van der Waals surface area contributed by atoms with E-state index in [-0.39, 0.29) is 30.2 Å². The Balaban J connectivity index is 1.80. The molecule has 2 amide bonds. The van der Waals surface area contributed by atoms with Crippen molar-refractivity contribution < 1.29 is 18.4 Å². The molecule has 1 aromatic rings. The van der Waals surface area contributed by atoms with Crippen LogP contribution in [0.4, 0.5) is 8.78 Å². The maximum absolute atomic E-state index is 13.2. The van der Waals surface area contributed by atoms with Gasteiger partial charge < -0.3 is 10.6 Å². The highest BCUT2D eigenvalue weighted by Gasteiger charge is 2.24. The standard InChI is InChI=1S/C18H24F2N2O2/c1-11(21-18(24)13-5-3-4-6-13)9-17(23)22-12(2)14-7-8-15(19)16(20)10-14/h7-8,10-13H,3-6,9H2,1-2H3,(H,21,24)(H,22,23)/t11-,12-/m0/s1. The molecule has 4 nitrogen and oxygen atoms in total. The highest BCUT2D eigenvalue weighted by molar-refractivity contribution is 5.81. The first-order chi connectivity index (χ1) is 11.4. The van der Waals surface area contributed by atoms with Gasteiger partial charge in [-0.25, -0.2) is 8.78 Å². The maximum Gasteiger partial charge on any atom is 0.223 e. The van der Waals surface area contributed by atoms with E-state index in [0.717, 1.165) is 37.8 Å². The van der Waals surface area contributed by atoms with Gasteiger partial charge >= 0.3 is 0 Å². The lowest BCUT2D eigenvalue weighted by atomic mass is 10.1. The lowest BCUT2D eigenvalue weighted by molar-refractivity contribution is -0.126. The lowest BCUT2D eigenvalue weighted by Crippen LogP contribution is -2.40. The third-order valence-corrected chi connectivity index (χ3v) is 4.43. The summed E-state index contributed by atoms with van der Waals surface area (Å²) in [5.74, 6) is -2.02. The van der Waals surface area contributed by atoms with Crippen LogP contribution in [-0.2, 0) is 9.59 Å². The average Bonchev–Trinajstić information content (AvgIpc) is 3.03. The van der Waals surface area contributed by atoms with E-state index in [4.69, 9.17) is 0 Å². The number of carbonyl (C=O) groups excluding carboxylic acids is 2. The van der Waals surface area contributed by atoms with Crippen LogP contribution in [0.3, 0.4) is 0 Å². The molecule has 0 spiro atoms. The summed E-state index contributed by atoms with van der Waals surface area (Å²) in [7, 11) is 0. The molecule has 0 unspecified atom stereocenters. The second-order valence-electron chi connectivity index (χ2n) is 6.56. The second kappa shape index (κ2) is 8.22. The van der Waals surface area contributed by atoms with Gasteiger partial charge in [-0.05, 0) is 44.4 Å². The Labute approximate surface area is 141 Å². The normalized spacial score (nSPS) is 17.3. The predicted molar refractivity (Wildman–Crippen MR) is 87.1 cm³/mol. The summed E-state index contributed by atoms with van der Waals surface area (Å²) in [5, 5.41) is 5.61. The summed E-state index contributed by atoms with van der Waals surface area (Å²) < 4.78 is 26.2. The van der Waals surface area contributed by atoms with Crippen LogP contribution in [0.2, 0.25) is 0 Å². The maximum atomic E-state index is 13.2. The van der Waals surface area contributed by atoms with Gasteiger partial charge in [-0.15, -0.1) is 0 Å². The molecule has 6 heteroatoms. The molecular weight excluding hydrogens is 314 g/mol. The monoisotopic (exact) mass is 338 g/mol. The Morgan fingerprint density at radius 2 is 1.79 bits per heavy atom. The largest absolute Gasteiger partial charge is 0.353 e. The van der Waals surface area contributed by atoms with Crippen molar-refractivity contribution in [2.24, 2.45) is 5.92 Å². The lowest BCUT2D eigenvalue weighted by Gasteiger charge is -2.19. The first kappa shape index (κ1) is 18.4. The minimum Gasteiger partial charge on any atom is -0.353 e. The van der Waals surface area contributed by atoms with E-state index in [1.54, 1.807) is 13.8 Å². The first-order valence-corrected chi connectivity index (χ1v) is 8.41. The van der Waals surface area contributed by atoms with Crippen molar-refractivity contribution in [2.45, 2.75) is 58.0 Å². The molecule has 0 bridgehead atoms. The Kier molecular flexibility index (Phi) is 6.29. The highest BCUT2D eigenvalue weighted by Crippen LogP contribution is 2.24. The number of amides is 2. The predicted octanol–water partition coefficient (Wildman–Crippen LogP) is 3.23. The van der Waals surface area contributed by atoms with Crippen LogP contribution < -0.4 is 10.6 Å². The number of hydrogen-bond donors (Lipinski definition) is 2. The SMILES string of the molecule is C[C@H](NC(=O)C[C@H](C)NC(=O)C1CCCC1)c1ccc(F)c(F)c1. The van der Waals surface area contributed by atoms with Gasteiger partial charge in [0.15, 0.2) is 11.6 Å². The van der Waals surface area contributed by atoms with Crippen molar-refractivity contribution in [3.63, 3.8) is 0 Å². The van der Waals surface area contributed by atoms with E-state index in [0.29, 0.717) is 5.56 Å². The fraction of sp³-hybridized carbons (Fsp3) is 0.556. The molecule has 1 aliphatic rings. The third kappa shape index (κ3) is 5.01. The average molecular weight is 338 g/mol. The van der Waals surface area contributed by atoms with Crippen molar-refractivity contribution in [2.75, 3.05) is 0 Å². The van der Waals surface area contributed by atoms with Crippen molar-refractivity contribution in [3.8, 4) is 0 Å². The number of rotatable bonds is 6. The van der Waals surface area contributed by atoms with Crippen molar-refractivity contribution in [1.29, 1.82) is 0 Å². The molecule has 0 heterocycles. The van der Waals surface area contributed by atoms with Crippen LogP contribution in [0.15, 0.2) is 18.2 Å². The molecule has 0 saturated heterocycles. The Morgan fingerprint density at radius 3 is 2.42 bits per heavy atom. The molecule has 0 radical (unpaired) electrons. The van der Waals surface area contributed by atoms with Crippen LogP contribution in [-0.4, -0.2) is 17.9 Å². The van der Waals surface area contributed by atoms with Gasteiger partial charge in [0.05, 0.1) is 6.04 Å². The van der Waals surface area contributed by atoms with Gasteiger partial charge in [0, 0.05) is 18.4 Å². The molecule has 0 aromatic heterocycles. The van der Waals surface area contributed by atoms with Crippen molar-refractivity contribution in [1.82, 2.24) is 10.6 Å². The van der Waals surface area contributed by atoms with Gasteiger partial charge in [-0.2, -0.15) is 0 Å². The Bertz CT molecular complexity index is 601. The zero-order chi connectivity index (χ0) is 17.7. The third-order valence-electron chi connectivity index (χ3n) is 4.43. The summed E-state index contributed by atoms with van der Waals surface area (Å²) in [6.07, 6.45) is 4.14. The van der Waals surface area contributed by atoms with Crippen LogP contribution in [0, 0.1) is 17.6 Å². The molecule has 132 valence electrons. The van der Waals surface area contributed by atoms with E-state index in [1.165, 1.54) is 6.07 Å². The second-order valence-corrected chi connectivity index (χ2v) is 6.56. The minimum absolute atomic E-state index is 0.0152. The fourth-order valence-electron chi connectivity index (χ4n) is 3.04. The van der Waals surface area contributed by atoms with Crippen LogP contribution in [0.5, 0.6) is 0 Å². The van der Waals surface area contributed by atoms with E-state index in [2.05, 4.69) is 10.6 Å². The smallest absolute Gasteiger partial charge is 0.223 e. The van der Waals surface area contributed by atoms with E-state index < -0.39 is 17.7 Å². The number of halogens is 2. The van der Waals surface area contributed by atoms with Crippen LogP contribution in [0.1, 0.15) is 57.6 Å². The van der Waals surface area contributed by atoms with Crippen molar-refractivity contribution >= 4 is 11.8 Å². The molecule has 1 fully saturated rings. The summed E-state index contributed by atoms with van der Waals surface area (Å²) in [4.78, 5) is 24.1. The van der Waals surface area contributed by atoms with E-state index >= 15 is 0 Å². The molecular formula is C18H24F2N2O2. The zero-order valence-electron chi connectivity index (χ0n) is 14.1. The molecule has 0 aliphatic heterocycles. The van der Waals surface area contributed by atoms with Gasteiger partial charge in [0.1, 0.15) is 0 Å². The molecule has 1 aliphatic carbocycles. The molecule has 2 rings (SSSR count). The van der Waals surface area contributed by atoms with Crippen LogP contribution in [0.25, 0.3) is 0 Å². The molecule has 2 atom stereocenters. The van der Waals surface area contributed by atoms with Crippen molar-refractivity contribution in [3.05, 3.63) is 35.4 Å². The quantitative estimate of drug-likeness (QED) is 0.837. The molecule has 2 N–H and O–H groups in total. The first-order valence-electron chi connectivity index (χ1n) is 8.41. The number of nitrogens with one attached hydrogen (secondary N) is 2. The minimum atomic E-state index is -0.939. The van der Waals surface area contributed by atoms with Gasteiger partial charge in [0.25, 0.3) is 0 Å². The number of carbonyl (C=O) groups is 2. The fourth-order valence-corrected chi connectivity index (χ4v) is 3.04. The van der Waals surface area contributed by atoms with Crippen LogP contribution >= 0.6 is 0 Å². The number of hydrogen-bond acceptors (Lipinski definition) is 2. The number of benzene rings is 1. The molecule has 1 saturated carbocycles. The summed E-state index contributed by atoms with van der Waals surface area (Å²) in [6, 6.07) is 2.85. The zero-order valence-corrected chi connectivity index (χ0v) is 14.1. The Morgan fingerprint density at radius 1 is 1.12 bits per heavy atom. The Hall–Kier alpha value is -1.98. The van der Waals surface area contributed by atoms with Gasteiger partial charge in [-0.3, -0.25) is 9.59 Å². The summed E-state index contributed by atoms with van der Waals surface area (Å²) in [5.41, 5.74) is 0.491. The van der Waals surface area contributed by atoms with E-state index in [9.17, 15) is 18.4 Å². The summed E-state index contributed by atoms with van der Waals surface area (Å²) in [6.45, 7) is 3.49. The topological polar surface area (TPSA) is 58.2 Å². The summed E-state index contributed by atoms with van der Waals surface area (Å²) >= 11 is 0. The molecule has 1 aromatic carbocycles. The van der Waals surface area contributed by atoms with Gasteiger partial charge in [-0.1, -0.05) is 18.9 Å². The highest BCUT2D eigenvalue weighted by atomic mass is 19.2. The molecule has 24 heavy (non-hydrogen) atoms. The van der Waals surface area contributed by atoms with E-state index in [1.807, 2.05) is 0 Å².